The van der Waals surface area contributed by atoms with Crippen molar-refractivity contribution >= 4 is 11.8 Å². The van der Waals surface area contributed by atoms with Gasteiger partial charge in [0.2, 0.25) is 5.16 Å². The lowest BCUT2D eigenvalue weighted by atomic mass is 10.3. The largest absolute Gasteiger partial charge is 0.265 e. The number of nitrogens with zero attached hydrogens (tertiary/aromatic N) is 3. The molecule has 1 N–H and O–H groups in total. The van der Waals surface area contributed by atoms with Gasteiger partial charge >= 0.3 is 0 Å². The van der Waals surface area contributed by atoms with Gasteiger partial charge in [-0.3, -0.25) is 10.1 Å². The zero-order valence-electron chi connectivity index (χ0n) is 8.05. The van der Waals surface area contributed by atoms with Crippen molar-refractivity contribution in [1.82, 2.24) is 20.2 Å². The summed E-state index contributed by atoms with van der Waals surface area (Å²) in [5, 5.41) is 7.71. The summed E-state index contributed by atoms with van der Waals surface area (Å²) >= 11 is 1.55. The SMILES string of the molecule is C=CCSc1n[nH]c(-c2ccncc2)n1. The molecule has 0 aliphatic rings. The molecule has 15 heavy (non-hydrogen) atoms. The molecule has 0 aliphatic heterocycles. The highest BCUT2D eigenvalue weighted by Gasteiger charge is 2.04. The molecule has 0 saturated heterocycles. The number of pyridine rings is 1. The van der Waals surface area contributed by atoms with Crippen LogP contribution in [-0.4, -0.2) is 25.9 Å². The van der Waals surface area contributed by atoms with Crippen LogP contribution in [0.3, 0.4) is 0 Å². The van der Waals surface area contributed by atoms with E-state index in [1.165, 1.54) is 0 Å². The van der Waals surface area contributed by atoms with Crippen LogP contribution >= 0.6 is 11.8 Å². The van der Waals surface area contributed by atoms with Crippen LogP contribution in [0.4, 0.5) is 0 Å². The number of thioether (sulfide) groups is 1. The minimum Gasteiger partial charge on any atom is -0.265 e. The molecule has 5 heteroatoms. The van der Waals surface area contributed by atoms with Crippen molar-refractivity contribution in [3.63, 3.8) is 0 Å². The van der Waals surface area contributed by atoms with Gasteiger partial charge in [0.15, 0.2) is 5.82 Å². The van der Waals surface area contributed by atoms with E-state index in [-0.39, 0.29) is 0 Å². The van der Waals surface area contributed by atoms with Crippen LogP contribution in [0, 0.1) is 0 Å². The first-order chi connectivity index (χ1) is 7.40. The summed E-state index contributed by atoms with van der Waals surface area (Å²) in [5.74, 6) is 1.58. The van der Waals surface area contributed by atoms with Crippen LogP contribution < -0.4 is 0 Å². The van der Waals surface area contributed by atoms with Crippen LogP contribution in [-0.2, 0) is 0 Å². The van der Waals surface area contributed by atoms with Crippen molar-refractivity contribution < 1.29 is 0 Å². The maximum Gasteiger partial charge on any atom is 0.209 e. The van der Waals surface area contributed by atoms with Gasteiger partial charge in [0, 0.05) is 23.7 Å². The van der Waals surface area contributed by atoms with Crippen LogP contribution in [0.5, 0.6) is 0 Å². The number of nitrogens with one attached hydrogen (secondary N) is 1. The highest BCUT2D eigenvalue weighted by molar-refractivity contribution is 7.99. The number of rotatable bonds is 4. The zero-order chi connectivity index (χ0) is 10.5. The van der Waals surface area contributed by atoms with Gasteiger partial charge in [-0.2, -0.15) is 0 Å². The van der Waals surface area contributed by atoms with E-state index in [0.29, 0.717) is 0 Å². The monoisotopic (exact) mass is 218 g/mol. The summed E-state index contributed by atoms with van der Waals surface area (Å²) in [5.41, 5.74) is 0.989. The van der Waals surface area contributed by atoms with Gasteiger partial charge in [-0.05, 0) is 12.1 Å². The van der Waals surface area contributed by atoms with Crippen molar-refractivity contribution in [2.75, 3.05) is 5.75 Å². The van der Waals surface area contributed by atoms with Crippen molar-refractivity contribution in [2.24, 2.45) is 0 Å². The normalized spacial score (nSPS) is 10.1. The van der Waals surface area contributed by atoms with Crippen LogP contribution in [0.2, 0.25) is 0 Å². The average molecular weight is 218 g/mol. The van der Waals surface area contributed by atoms with Gasteiger partial charge < -0.3 is 0 Å². The molecular weight excluding hydrogens is 208 g/mol. The molecule has 2 heterocycles. The van der Waals surface area contributed by atoms with Crippen molar-refractivity contribution in [2.45, 2.75) is 5.16 Å². The van der Waals surface area contributed by atoms with E-state index in [0.717, 1.165) is 22.3 Å². The average Bonchev–Trinajstić information content (AvgIpc) is 2.76. The Morgan fingerprint density at radius 1 is 1.40 bits per heavy atom. The summed E-state index contributed by atoms with van der Waals surface area (Å²) in [4.78, 5) is 8.29. The molecule has 0 radical (unpaired) electrons. The molecule has 0 amide bonds. The lowest BCUT2D eigenvalue weighted by molar-refractivity contribution is 0.975. The molecule has 2 aromatic rings. The minimum atomic E-state index is 0.738. The summed E-state index contributed by atoms with van der Waals surface area (Å²) in [7, 11) is 0. The standard InChI is InChI=1S/C10H10N4S/c1-2-7-15-10-12-9(13-14-10)8-3-5-11-6-4-8/h2-6H,1,7H2,(H,12,13,14). The Labute approximate surface area is 91.9 Å². The fourth-order valence-electron chi connectivity index (χ4n) is 1.08. The number of aromatic nitrogens is 4. The third kappa shape index (κ3) is 2.44. The topological polar surface area (TPSA) is 54.5 Å². The number of hydrogen-bond donors (Lipinski definition) is 1. The third-order valence-electron chi connectivity index (χ3n) is 1.75. The number of H-pyrrole nitrogens is 1. The number of aromatic amines is 1. The molecule has 0 bridgehead atoms. The molecule has 2 rings (SSSR count). The summed E-state index contributed by atoms with van der Waals surface area (Å²) in [6, 6.07) is 3.78. The molecular formula is C10H10N4S. The van der Waals surface area contributed by atoms with E-state index in [1.807, 2.05) is 18.2 Å². The highest BCUT2D eigenvalue weighted by atomic mass is 32.2. The quantitative estimate of drug-likeness (QED) is 0.631. The molecule has 0 saturated carbocycles. The first-order valence-electron chi connectivity index (χ1n) is 4.46. The van der Waals surface area contributed by atoms with Gasteiger partial charge in [0.05, 0.1) is 0 Å². The maximum absolute atomic E-state index is 4.34. The minimum absolute atomic E-state index is 0.738. The smallest absolute Gasteiger partial charge is 0.209 e. The molecule has 0 fully saturated rings. The molecule has 0 unspecified atom stereocenters. The van der Waals surface area contributed by atoms with E-state index in [9.17, 15) is 0 Å². The molecule has 2 aromatic heterocycles. The van der Waals surface area contributed by atoms with Crippen LogP contribution in [0.1, 0.15) is 0 Å². The molecule has 0 aromatic carbocycles. The summed E-state index contributed by atoms with van der Waals surface area (Å²) in [6.45, 7) is 3.65. The van der Waals surface area contributed by atoms with Gasteiger partial charge in [0.25, 0.3) is 0 Å². The van der Waals surface area contributed by atoms with Crippen molar-refractivity contribution in [3.05, 3.63) is 37.2 Å². The molecule has 4 nitrogen and oxygen atoms in total. The second kappa shape index (κ2) is 4.75. The fraction of sp³-hybridized carbons (Fsp3) is 0.100. The Morgan fingerprint density at radius 3 is 2.93 bits per heavy atom. The fourth-order valence-corrected chi connectivity index (χ4v) is 1.62. The predicted molar refractivity (Wildman–Crippen MR) is 60.5 cm³/mol. The molecule has 0 spiro atoms. The molecule has 0 atom stereocenters. The predicted octanol–water partition coefficient (Wildman–Crippen LogP) is 2.14. The Bertz CT molecular complexity index is 438. The second-order valence-electron chi connectivity index (χ2n) is 2.80. The van der Waals surface area contributed by atoms with Gasteiger partial charge in [-0.15, -0.1) is 11.7 Å². The maximum atomic E-state index is 4.34. The van der Waals surface area contributed by atoms with Crippen molar-refractivity contribution in [3.8, 4) is 11.4 Å². The second-order valence-corrected chi connectivity index (χ2v) is 3.79. The van der Waals surface area contributed by atoms with Crippen LogP contribution in [0.15, 0.2) is 42.3 Å². The van der Waals surface area contributed by atoms with E-state index in [2.05, 4.69) is 26.7 Å². The van der Waals surface area contributed by atoms with Crippen molar-refractivity contribution in [1.29, 1.82) is 0 Å². The van der Waals surface area contributed by atoms with Gasteiger partial charge in [-0.1, -0.05) is 17.8 Å². The molecule has 0 aliphatic carbocycles. The summed E-state index contributed by atoms with van der Waals surface area (Å²) in [6.07, 6.45) is 5.29. The van der Waals surface area contributed by atoms with Gasteiger partial charge in [0.1, 0.15) is 0 Å². The Kier molecular flexibility index (Phi) is 3.14. The molecule has 76 valence electrons. The first-order valence-corrected chi connectivity index (χ1v) is 5.45. The Hall–Kier alpha value is -1.62. The Morgan fingerprint density at radius 2 is 2.20 bits per heavy atom. The van der Waals surface area contributed by atoms with E-state index in [1.54, 1.807) is 24.2 Å². The van der Waals surface area contributed by atoms with Gasteiger partial charge in [-0.25, -0.2) is 4.98 Å². The lowest BCUT2D eigenvalue weighted by Gasteiger charge is -1.92. The van der Waals surface area contributed by atoms with Crippen LogP contribution in [0.25, 0.3) is 11.4 Å². The first kappa shape index (κ1) is 9.92. The Balaban J connectivity index is 2.17. The zero-order valence-corrected chi connectivity index (χ0v) is 8.87. The van der Waals surface area contributed by atoms with E-state index >= 15 is 0 Å². The van der Waals surface area contributed by atoms with E-state index in [4.69, 9.17) is 0 Å². The lowest BCUT2D eigenvalue weighted by Crippen LogP contribution is -1.80. The third-order valence-corrected chi connectivity index (χ3v) is 2.59. The summed E-state index contributed by atoms with van der Waals surface area (Å²) < 4.78 is 0. The highest BCUT2D eigenvalue weighted by Crippen LogP contribution is 2.17. The van der Waals surface area contributed by atoms with E-state index < -0.39 is 0 Å². The number of hydrogen-bond acceptors (Lipinski definition) is 4.